The second-order valence-electron chi connectivity index (χ2n) is 4.69. The van der Waals surface area contributed by atoms with Gasteiger partial charge in [0.25, 0.3) is 5.91 Å². The van der Waals surface area contributed by atoms with Crippen LogP contribution in [0.15, 0.2) is 12.1 Å². The van der Waals surface area contributed by atoms with Crippen LogP contribution < -0.4 is 11.3 Å². The fraction of sp³-hybridized carbons (Fsp3) is 0.462. The second-order valence-corrected chi connectivity index (χ2v) is 4.69. The minimum absolute atomic E-state index is 0. The maximum Gasteiger partial charge on any atom is 0.268 e. The Balaban J connectivity index is 0.00000162. The molecule has 1 saturated carbocycles. The zero-order chi connectivity index (χ0) is 12.4. The van der Waals surface area contributed by atoms with Crippen LogP contribution >= 0.6 is 12.4 Å². The van der Waals surface area contributed by atoms with E-state index >= 15 is 0 Å². The van der Waals surface area contributed by atoms with Crippen molar-refractivity contribution in [3.8, 4) is 5.75 Å². The number of amides is 1. The number of halogens is 1. The van der Waals surface area contributed by atoms with Crippen molar-refractivity contribution in [2.24, 2.45) is 5.84 Å². The van der Waals surface area contributed by atoms with Crippen molar-refractivity contribution in [3.63, 3.8) is 0 Å². The maximum atomic E-state index is 11.6. The van der Waals surface area contributed by atoms with E-state index in [1.54, 1.807) is 13.0 Å². The number of nitrogens with one attached hydrogen (secondary N) is 1. The number of carbonyl (C=O) groups is 1. The first-order valence-corrected chi connectivity index (χ1v) is 5.98. The summed E-state index contributed by atoms with van der Waals surface area (Å²) < 4.78 is 0. The van der Waals surface area contributed by atoms with Gasteiger partial charge in [0.2, 0.25) is 0 Å². The summed E-state index contributed by atoms with van der Waals surface area (Å²) in [7, 11) is 0. The molecular formula is C13H19ClN2O2. The smallest absolute Gasteiger partial charge is 0.268 e. The number of rotatable bonds is 2. The molecule has 0 radical (unpaired) electrons. The standard InChI is InChI=1S/C13H18N2O2.ClH/c1-8-6-10(9-4-2-3-5-9)7-11(12(8)16)13(17)15-14;/h6-7,9,16H,2-5,14H2,1H3,(H,15,17);1H. The molecule has 2 rings (SSSR count). The Labute approximate surface area is 113 Å². The summed E-state index contributed by atoms with van der Waals surface area (Å²) in [5.41, 5.74) is 4.21. The SMILES string of the molecule is Cc1cc(C2CCCC2)cc(C(=O)NN)c1O.Cl. The van der Waals surface area contributed by atoms with E-state index in [0.29, 0.717) is 5.92 Å². The third-order valence-electron chi connectivity index (χ3n) is 3.53. The van der Waals surface area contributed by atoms with Crippen molar-refractivity contribution in [1.29, 1.82) is 0 Å². The fourth-order valence-electron chi connectivity index (χ4n) is 2.55. The van der Waals surface area contributed by atoms with E-state index in [1.165, 1.54) is 12.8 Å². The Morgan fingerprint density at radius 3 is 2.56 bits per heavy atom. The highest BCUT2D eigenvalue weighted by Gasteiger charge is 2.21. The molecule has 4 nitrogen and oxygen atoms in total. The minimum Gasteiger partial charge on any atom is -0.507 e. The van der Waals surface area contributed by atoms with Crippen LogP contribution in [0, 0.1) is 6.92 Å². The monoisotopic (exact) mass is 270 g/mol. The molecule has 1 aromatic carbocycles. The van der Waals surface area contributed by atoms with E-state index in [9.17, 15) is 9.90 Å². The van der Waals surface area contributed by atoms with Crippen molar-refractivity contribution in [1.82, 2.24) is 5.43 Å². The Morgan fingerprint density at radius 2 is 2.00 bits per heavy atom. The maximum absolute atomic E-state index is 11.6. The van der Waals surface area contributed by atoms with Gasteiger partial charge in [-0.3, -0.25) is 10.2 Å². The van der Waals surface area contributed by atoms with Gasteiger partial charge >= 0.3 is 0 Å². The molecule has 100 valence electrons. The van der Waals surface area contributed by atoms with Crippen molar-refractivity contribution in [3.05, 3.63) is 28.8 Å². The summed E-state index contributed by atoms with van der Waals surface area (Å²) in [5, 5.41) is 9.85. The van der Waals surface area contributed by atoms with Crippen LogP contribution in [-0.4, -0.2) is 11.0 Å². The van der Waals surface area contributed by atoms with E-state index in [1.807, 2.05) is 6.07 Å². The Morgan fingerprint density at radius 1 is 1.39 bits per heavy atom. The third-order valence-corrected chi connectivity index (χ3v) is 3.53. The molecule has 0 spiro atoms. The van der Waals surface area contributed by atoms with Crippen molar-refractivity contribution in [2.75, 3.05) is 0 Å². The molecule has 0 saturated heterocycles. The first-order chi connectivity index (χ1) is 8.13. The van der Waals surface area contributed by atoms with Crippen LogP contribution in [0.1, 0.15) is 53.1 Å². The summed E-state index contributed by atoms with van der Waals surface area (Å²) in [4.78, 5) is 11.6. The molecule has 1 aliphatic rings. The normalized spacial score (nSPS) is 15.2. The molecule has 0 aromatic heterocycles. The Hall–Kier alpha value is -1.26. The molecule has 1 fully saturated rings. The van der Waals surface area contributed by atoms with E-state index in [-0.39, 0.29) is 23.7 Å². The van der Waals surface area contributed by atoms with Crippen LogP contribution in [0.4, 0.5) is 0 Å². The Bertz CT molecular complexity index is 443. The molecule has 0 unspecified atom stereocenters. The number of hydrazine groups is 1. The van der Waals surface area contributed by atoms with Crippen LogP contribution in [0.5, 0.6) is 5.75 Å². The number of aromatic hydroxyl groups is 1. The van der Waals surface area contributed by atoms with Gasteiger partial charge in [-0.05, 0) is 42.9 Å². The number of phenolic OH excluding ortho intramolecular Hbond substituents is 1. The predicted octanol–water partition coefficient (Wildman–Crippen LogP) is 2.38. The average Bonchev–Trinajstić information content (AvgIpc) is 2.85. The molecule has 0 heterocycles. The topological polar surface area (TPSA) is 75.4 Å². The number of benzene rings is 1. The molecule has 1 aromatic rings. The van der Waals surface area contributed by atoms with Gasteiger partial charge in [-0.1, -0.05) is 18.9 Å². The number of phenols is 1. The molecule has 1 amide bonds. The largest absolute Gasteiger partial charge is 0.507 e. The zero-order valence-corrected chi connectivity index (χ0v) is 11.2. The van der Waals surface area contributed by atoms with E-state index in [0.717, 1.165) is 24.0 Å². The molecule has 0 aliphatic heterocycles. The van der Waals surface area contributed by atoms with Gasteiger partial charge in [0.05, 0.1) is 5.56 Å². The zero-order valence-electron chi connectivity index (χ0n) is 10.4. The van der Waals surface area contributed by atoms with E-state index in [4.69, 9.17) is 5.84 Å². The van der Waals surface area contributed by atoms with Crippen LogP contribution in [0.3, 0.4) is 0 Å². The van der Waals surface area contributed by atoms with Crippen LogP contribution in [0.25, 0.3) is 0 Å². The van der Waals surface area contributed by atoms with Gasteiger partial charge in [0, 0.05) is 0 Å². The number of hydrogen-bond acceptors (Lipinski definition) is 3. The third kappa shape index (κ3) is 2.76. The quantitative estimate of drug-likeness (QED) is 0.439. The number of nitrogen functional groups attached to an aromatic ring is 1. The van der Waals surface area contributed by atoms with Gasteiger partial charge in [-0.25, -0.2) is 5.84 Å². The Kier molecular flexibility index (Phi) is 4.99. The first-order valence-electron chi connectivity index (χ1n) is 5.98. The number of hydrogen-bond donors (Lipinski definition) is 3. The minimum atomic E-state index is -0.439. The van der Waals surface area contributed by atoms with Gasteiger partial charge in [0.15, 0.2) is 0 Å². The molecular weight excluding hydrogens is 252 g/mol. The first kappa shape index (κ1) is 14.8. The van der Waals surface area contributed by atoms with E-state index in [2.05, 4.69) is 5.43 Å². The van der Waals surface area contributed by atoms with Gasteiger partial charge in [0.1, 0.15) is 5.75 Å². The summed E-state index contributed by atoms with van der Waals surface area (Å²) >= 11 is 0. The van der Waals surface area contributed by atoms with Gasteiger partial charge in [-0.2, -0.15) is 0 Å². The average molecular weight is 271 g/mol. The molecule has 0 atom stereocenters. The molecule has 1 aliphatic carbocycles. The molecule has 5 heteroatoms. The van der Waals surface area contributed by atoms with Gasteiger partial charge < -0.3 is 5.11 Å². The number of carbonyl (C=O) groups excluding carboxylic acids is 1. The highest BCUT2D eigenvalue weighted by Crippen LogP contribution is 2.36. The second kappa shape index (κ2) is 6.07. The lowest BCUT2D eigenvalue weighted by Crippen LogP contribution is -2.30. The number of aryl methyl sites for hydroxylation is 1. The summed E-state index contributed by atoms with van der Waals surface area (Å²) in [5.74, 6) is 5.21. The van der Waals surface area contributed by atoms with Crippen molar-refractivity contribution in [2.45, 2.75) is 38.5 Å². The molecule has 18 heavy (non-hydrogen) atoms. The molecule has 0 bridgehead atoms. The van der Waals surface area contributed by atoms with Crippen LogP contribution in [0.2, 0.25) is 0 Å². The van der Waals surface area contributed by atoms with Crippen molar-refractivity contribution < 1.29 is 9.90 Å². The van der Waals surface area contributed by atoms with Crippen LogP contribution in [-0.2, 0) is 0 Å². The lowest BCUT2D eigenvalue weighted by Gasteiger charge is -2.14. The fourth-order valence-corrected chi connectivity index (χ4v) is 2.55. The number of nitrogens with two attached hydrogens (primary N) is 1. The molecule has 4 N–H and O–H groups in total. The van der Waals surface area contributed by atoms with Gasteiger partial charge in [-0.15, -0.1) is 12.4 Å². The lowest BCUT2D eigenvalue weighted by atomic mass is 9.93. The summed E-state index contributed by atoms with van der Waals surface area (Å²) in [6.07, 6.45) is 4.80. The predicted molar refractivity (Wildman–Crippen MR) is 73.0 cm³/mol. The van der Waals surface area contributed by atoms with E-state index < -0.39 is 5.91 Å². The lowest BCUT2D eigenvalue weighted by molar-refractivity contribution is 0.0950. The highest BCUT2D eigenvalue weighted by molar-refractivity contribution is 5.97. The van der Waals surface area contributed by atoms with Crippen molar-refractivity contribution >= 4 is 18.3 Å². The highest BCUT2D eigenvalue weighted by atomic mass is 35.5. The summed E-state index contributed by atoms with van der Waals surface area (Å²) in [6, 6.07) is 3.74. The summed E-state index contributed by atoms with van der Waals surface area (Å²) in [6.45, 7) is 1.81.